The van der Waals surface area contributed by atoms with Gasteiger partial charge in [-0.3, -0.25) is 0 Å². The Balaban J connectivity index is 2.06. The van der Waals surface area contributed by atoms with Crippen molar-refractivity contribution in [1.82, 2.24) is 9.97 Å². The first-order chi connectivity index (χ1) is 8.69. The predicted molar refractivity (Wildman–Crippen MR) is 76.2 cm³/mol. The van der Waals surface area contributed by atoms with Crippen LogP contribution in [0.2, 0.25) is 0 Å². The van der Waals surface area contributed by atoms with Crippen LogP contribution in [0.25, 0.3) is 0 Å². The zero-order valence-electron chi connectivity index (χ0n) is 11.7. The third-order valence-electron chi connectivity index (χ3n) is 3.58. The molecule has 0 radical (unpaired) electrons. The van der Waals surface area contributed by atoms with Gasteiger partial charge in [0.05, 0.1) is 0 Å². The summed E-state index contributed by atoms with van der Waals surface area (Å²) in [4.78, 5) is 11.4. The maximum atomic E-state index is 4.54. The van der Waals surface area contributed by atoms with Crippen LogP contribution in [0, 0.1) is 12.8 Å². The van der Waals surface area contributed by atoms with Crippen molar-refractivity contribution in [3.63, 3.8) is 0 Å². The van der Waals surface area contributed by atoms with Gasteiger partial charge in [-0.2, -0.15) is 0 Å². The van der Waals surface area contributed by atoms with E-state index in [1.165, 1.54) is 19.3 Å². The lowest BCUT2D eigenvalue weighted by Crippen LogP contribution is -2.20. The molecule has 0 amide bonds. The zero-order valence-corrected chi connectivity index (χ0v) is 11.7. The molecule has 1 N–H and O–H groups in total. The van der Waals surface area contributed by atoms with Gasteiger partial charge in [0.1, 0.15) is 17.5 Å². The summed E-state index contributed by atoms with van der Waals surface area (Å²) in [6.07, 6.45) is 3.74. The largest absolute Gasteiger partial charge is 0.370 e. The smallest absolute Gasteiger partial charge is 0.134 e. The fraction of sp³-hybridized carbons (Fsp3) is 0.714. The molecule has 1 unspecified atom stereocenters. The minimum absolute atomic E-state index is 0.676. The molecule has 18 heavy (non-hydrogen) atoms. The monoisotopic (exact) mass is 248 g/mol. The van der Waals surface area contributed by atoms with E-state index in [0.29, 0.717) is 5.92 Å². The number of hydrogen-bond donors (Lipinski definition) is 1. The van der Waals surface area contributed by atoms with E-state index in [2.05, 4.69) is 40.1 Å². The molecule has 1 aromatic rings. The molecule has 4 heteroatoms. The van der Waals surface area contributed by atoms with Gasteiger partial charge in [0.15, 0.2) is 0 Å². The Morgan fingerprint density at radius 2 is 2.06 bits per heavy atom. The molecule has 1 atom stereocenters. The van der Waals surface area contributed by atoms with Gasteiger partial charge < -0.3 is 10.2 Å². The molecule has 0 saturated carbocycles. The normalized spacial score (nSPS) is 16.9. The highest BCUT2D eigenvalue weighted by Gasteiger charge is 2.15. The minimum Gasteiger partial charge on any atom is -0.370 e. The van der Waals surface area contributed by atoms with Crippen molar-refractivity contribution >= 4 is 11.6 Å². The molecule has 2 heterocycles. The van der Waals surface area contributed by atoms with Gasteiger partial charge in [-0.15, -0.1) is 0 Å². The highest BCUT2D eigenvalue weighted by atomic mass is 15.2. The molecule has 1 aliphatic rings. The summed E-state index contributed by atoms with van der Waals surface area (Å²) >= 11 is 0. The van der Waals surface area contributed by atoms with Crippen LogP contribution in [0.15, 0.2) is 6.07 Å². The van der Waals surface area contributed by atoms with Gasteiger partial charge in [-0.05, 0) is 25.7 Å². The second kappa shape index (κ2) is 6.03. The van der Waals surface area contributed by atoms with Gasteiger partial charge in [-0.1, -0.05) is 20.3 Å². The number of anilines is 2. The van der Waals surface area contributed by atoms with Crippen molar-refractivity contribution in [1.29, 1.82) is 0 Å². The highest BCUT2D eigenvalue weighted by Crippen LogP contribution is 2.20. The maximum Gasteiger partial charge on any atom is 0.134 e. The Hall–Kier alpha value is -1.32. The Labute approximate surface area is 110 Å². The molecule has 1 aliphatic heterocycles. The van der Waals surface area contributed by atoms with Crippen LogP contribution in [0.1, 0.15) is 38.9 Å². The Morgan fingerprint density at radius 1 is 1.33 bits per heavy atom. The number of aromatic nitrogens is 2. The summed E-state index contributed by atoms with van der Waals surface area (Å²) in [5.74, 6) is 3.57. The third kappa shape index (κ3) is 3.34. The number of nitrogens with one attached hydrogen (secondary N) is 1. The van der Waals surface area contributed by atoms with Crippen LogP contribution >= 0.6 is 0 Å². The average molecular weight is 248 g/mol. The molecule has 1 saturated heterocycles. The Kier molecular flexibility index (Phi) is 4.39. The van der Waals surface area contributed by atoms with E-state index in [1.54, 1.807) is 0 Å². The van der Waals surface area contributed by atoms with Crippen molar-refractivity contribution in [3.8, 4) is 0 Å². The van der Waals surface area contributed by atoms with Crippen LogP contribution in [0.4, 0.5) is 11.6 Å². The number of hydrogen-bond acceptors (Lipinski definition) is 4. The summed E-state index contributed by atoms with van der Waals surface area (Å²) in [5, 5.41) is 3.42. The summed E-state index contributed by atoms with van der Waals surface area (Å²) in [5.41, 5.74) is 0. The van der Waals surface area contributed by atoms with Gasteiger partial charge >= 0.3 is 0 Å². The number of aryl methyl sites for hydroxylation is 1. The van der Waals surface area contributed by atoms with Crippen molar-refractivity contribution in [2.24, 2.45) is 5.92 Å². The second-order valence-corrected chi connectivity index (χ2v) is 5.25. The van der Waals surface area contributed by atoms with Crippen molar-refractivity contribution in [3.05, 3.63) is 11.9 Å². The zero-order chi connectivity index (χ0) is 13.0. The standard InChI is InChI=1S/C14H24N4/c1-4-11(2)10-15-13-9-14(17-12(3)16-13)18-7-5-6-8-18/h9,11H,4-8,10H2,1-3H3,(H,15,16,17). The minimum atomic E-state index is 0.676. The van der Waals surface area contributed by atoms with Gasteiger partial charge in [0.25, 0.3) is 0 Å². The summed E-state index contributed by atoms with van der Waals surface area (Å²) in [6, 6.07) is 2.08. The van der Waals surface area contributed by atoms with Gasteiger partial charge in [-0.25, -0.2) is 9.97 Å². The van der Waals surface area contributed by atoms with Crippen molar-refractivity contribution < 1.29 is 0 Å². The Morgan fingerprint density at radius 3 is 2.72 bits per heavy atom. The third-order valence-corrected chi connectivity index (χ3v) is 3.58. The van der Waals surface area contributed by atoms with E-state index >= 15 is 0 Å². The van der Waals surface area contributed by atoms with E-state index in [-0.39, 0.29) is 0 Å². The highest BCUT2D eigenvalue weighted by molar-refractivity contribution is 5.49. The first-order valence-corrected chi connectivity index (χ1v) is 7.03. The first-order valence-electron chi connectivity index (χ1n) is 7.03. The van der Waals surface area contributed by atoms with Crippen molar-refractivity contribution in [2.75, 3.05) is 29.9 Å². The fourth-order valence-corrected chi connectivity index (χ4v) is 2.17. The molecule has 2 rings (SSSR count). The van der Waals surface area contributed by atoms with E-state index in [0.717, 1.165) is 37.1 Å². The van der Waals surface area contributed by atoms with Crippen LogP contribution in [0.3, 0.4) is 0 Å². The molecular formula is C14H24N4. The lowest BCUT2D eigenvalue weighted by atomic mass is 10.1. The molecule has 0 spiro atoms. The van der Waals surface area contributed by atoms with Gasteiger partial charge in [0, 0.05) is 25.7 Å². The Bertz CT molecular complexity index is 385. The van der Waals surface area contributed by atoms with E-state index in [1.807, 2.05) is 6.92 Å². The molecule has 0 bridgehead atoms. The first kappa shape index (κ1) is 13.1. The van der Waals surface area contributed by atoms with Crippen LogP contribution < -0.4 is 10.2 Å². The van der Waals surface area contributed by atoms with E-state index < -0.39 is 0 Å². The lowest BCUT2D eigenvalue weighted by molar-refractivity contribution is 0.592. The van der Waals surface area contributed by atoms with Gasteiger partial charge in [0.2, 0.25) is 0 Å². The van der Waals surface area contributed by atoms with E-state index in [4.69, 9.17) is 0 Å². The van der Waals surface area contributed by atoms with Crippen molar-refractivity contribution in [2.45, 2.75) is 40.0 Å². The topological polar surface area (TPSA) is 41.0 Å². The predicted octanol–water partition coefficient (Wildman–Crippen LogP) is 2.84. The fourth-order valence-electron chi connectivity index (χ4n) is 2.17. The molecule has 4 nitrogen and oxygen atoms in total. The van der Waals surface area contributed by atoms with Crippen LogP contribution in [-0.2, 0) is 0 Å². The number of rotatable bonds is 5. The molecular weight excluding hydrogens is 224 g/mol. The number of nitrogens with zero attached hydrogens (tertiary/aromatic N) is 3. The summed E-state index contributed by atoms with van der Waals surface area (Å²) in [6.45, 7) is 9.67. The second-order valence-electron chi connectivity index (χ2n) is 5.25. The van der Waals surface area contributed by atoms with E-state index in [9.17, 15) is 0 Å². The van der Waals surface area contributed by atoms with Crippen LogP contribution in [0.5, 0.6) is 0 Å². The SMILES string of the molecule is CCC(C)CNc1cc(N2CCCC2)nc(C)n1. The lowest BCUT2D eigenvalue weighted by Gasteiger charge is -2.18. The molecule has 0 aromatic carbocycles. The maximum absolute atomic E-state index is 4.54. The molecule has 100 valence electrons. The molecule has 1 fully saturated rings. The quantitative estimate of drug-likeness (QED) is 0.870. The average Bonchev–Trinajstić information content (AvgIpc) is 2.89. The summed E-state index contributed by atoms with van der Waals surface area (Å²) < 4.78 is 0. The summed E-state index contributed by atoms with van der Waals surface area (Å²) in [7, 11) is 0. The molecule has 0 aliphatic carbocycles. The molecule has 1 aromatic heterocycles. The van der Waals surface area contributed by atoms with Crippen LogP contribution in [-0.4, -0.2) is 29.6 Å².